The van der Waals surface area contributed by atoms with Gasteiger partial charge in [0.05, 0.1) is 11.1 Å². The molecule has 1 aromatic heterocycles. The largest absolute Gasteiger partial charge is 0.486 e. The number of rotatable bonds is 7. The molecule has 12 heteroatoms. The number of carbonyl (C=O) groups is 2. The van der Waals surface area contributed by atoms with Crippen LogP contribution >= 0.6 is 0 Å². The Morgan fingerprint density at radius 1 is 1.15 bits per heavy atom. The third kappa shape index (κ3) is 4.73. The standard InChI is InChI=1S/C22H28N4O7S/c1-14(2)26-20(8-9-23-26)24-21(27)15(3)33-22(28)17-5-4-10-25(17)34(29,30)16-6-7-18-19(13-16)32-12-11-31-18/h6-9,13-15,17H,4-5,10-12H2,1-3H3,(H,24,27)/t15-,17+/m0/s1. The van der Waals surface area contributed by atoms with Gasteiger partial charge >= 0.3 is 5.97 Å². The van der Waals surface area contributed by atoms with E-state index in [-0.39, 0.29) is 17.5 Å². The number of carbonyl (C=O) groups excluding carboxylic acids is 2. The summed E-state index contributed by atoms with van der Waals surface area (Å²) in [5, 5.41) is 6.84. The lowest BCUT2D eigenvalue weighted by atomic mass is 10.2. The van der Waals surface area contributed by atoms with E-state index in [9.17, 15) is 18.0 Å². The van der Waals surface area contributed by atoms with Crippen LogP contribution in [0.4, 0.5) is 5.82 Å². The van der Waals surface area contributed by atoms with Gasteiger partial charge < -0.3 is 19.5 Å². The number of ether oxygens (including phenoxy) is 3. The molecule has 1 amide bonds. The molecule has 184 valence electrons. The van der Waals surface area contributed by atoms with Crippen molar-refractivity contribution in [3.05, 3.63) is 30.5 Å². The second kappa shape index (κ2) is 9.63. The highest BCUT2D eigenvalue weighted by atomic mass is 32.2. The lowest BCUT2D eigenvalue weighted by Crippen LogP contribution is -2.43. The molecule has 0 aliphatic carbocycles. The highest BCUT2D eigenvalue weighted by Crippen LogP contribution is 2.35. The molecule has 34 heavy (non-hydrogen) atoms. The summed E-state index contributed by atoms with van der Waals surface area (Å²) in [6.07, 6.45) is 1.24. The average Bonchev–Trinajstić information content (AvgIpc) is 3.49. The molecule has 0 bridgehead atoms. The van der Waals surface area contributed by atoms with Crippen molar-refractivity contribution < 1.29 is 32.2 Å². The fourth-order valence-corrected chi connectivity index (χ4v) is 5.60. The summed E-state index contributed by atoms with van der Waals surface area (Å²) >= 11 is 0. The Bertz CT molecular complexity index is 1180. The molecule has 1 fully saturated rings. The van der Waals surface area contributed by atoms with Crippen molar-refractivity contribution in [3.63, 3.8) is 0 Å². The van der Waals surface area contributed by atoms with E-state index >= 15 is 0 Å². The van der Waals surface area contributed by atoms with E-state index < -0.39 is 34.0 Å². The Morgan fingerprint density at radius 2 is 1.88 bits per heavy atom. The first kappa shape index (κ1) is 24.0. The topological polar surface area (TPSA) is 129 Å². The SMILES string of the molecule is CC(C)n1nccc1NC(=O)[C@H](C)OC(=O)[C@H]1CCCN1S(=O)(=O)c1ccc2c(c1)OCCO2. The van der Waals surface area contributed by atoms with E-state index in [2.05, 4.69) is 10.4 Å². The molecule has 0 radical (unpaired) electrons. The van der Waals surface area contributed by atoms with E-state index in [0.29, 0.717) is 43.4 Å². The minimum absolute atomic E-state index is 0.00388. The number of hydrogen-bond acceptors (Lipinski definition) is 8. The maximum atomic E-state index is 13.3. The van der Waals surface area contributed by atoms with Crippen LogP contribution in [0.2, 0.25) is 0 Å². The molecule has 4 rings (SSSR count). The third-order valence-corrected chi connectivity index (χ3v) is 7.57. The Balaban J connectivity index is 1.44. The summed E-state index contributed by atoms with van der Waals surface area (Å²) in [6, 6.07) is 5.02. The molecular weight excluding hydrogens is 464 g/mol. The van der Waals surface area contributed by atoms with Crippen LogP contribution in [0.3, 0.4) is 0 Å². The number of nitrogens with zero attached hydrogens (tertiary/aromatic N) is 3. The van der Waals surface area contributed by atoms with Crippen LogP contribution in [0, 0.1) is 0 Å². The molecule has 0 unspecified atom stereocenters. The molecule has 11 nitrogen and oxygen atoms in total. The zero-order valence-electron chi connectivity index (χ0n) is 19.3. The van der Waals surface area contributed by atoms with Crippen LogP contribution in [0.1, 0.15) is 39.7 Å². The Morgan fingerprint density at radius 3 is 2.62 bits per heavy atom. The molecule has 3 heterocycles. The van der Waals surface area contributed by atoms with E-state index in [0.717, 1.165) is 4.31 Å². The van der Waals surface area contributed by atoms with Crippen LogP contribution in [-0.2, 0) is 24.3 Å². The zero-order chi connectivity index (χ0) is 24.5. The highest BCUT2D eigenvalue weighted by Gasteiger charge is 2.41. The van der Waals surface area contributed by atoms with Gasteiger partial charge in [0.25, 0.3) is 5.91 Å². The normalized spacial score (nSPS) is 19.1. The zero-order valence-corrected chi connectivity index (χ0v) is 20.1. The molecule has 0 spiro atoms. The van der Waals surface area contributed by atoms with Crippen molar-refractivity contribution in [1.29, 1.82) is 0 Å². The second-order valence-electron chi connectivity index (χ2n) is 8.40. The van der Waals surface area contributed by atoms with E-state index in [1.807, 2.05) is 13.8 Å². The Hall–Kier alpha value is -3.12. The number of benzene rings is 1. The first-order valence-corrected chi connectivity index (χ1v) is 12.6. The van der Waals surface area contributed by atoms with Gasteiger partial charge in [-0.25, -0.2) is 13.1 Å². The number of anilines is 1. The van der Waals surface area contributed by atoms with Gasteiger partial charge in [-0.1, -0.05) is 0 Å². The van der Waals surface area contributed by atoms with Gasteiger partial charge in [-0.15, -0.1) is 0 Å². The Labute approximate surface area is 198 Å². The molecular formula is C22H28N4O7S. The quantitative estimate of drug-likeness (QED) is 0.581. The lowest BCUT2D eigenvalue weighted by Gasteiger charge is -2.25. The number of esters is 1. The molecule has 0 saturated carbocycles. The fraction of sp³-hybridized carbons (Fsp3) is 0.500. The van der Waals surface area contributed by atoms with Crippen molar-refractivity contribution in [3.8, 4) is 11.5 Å². The summed E-state index contributed by atoms with van der Waals surface area (Å²) < 4.78 is 45.7. The molecule has 2 aromatic rings. The van der Waals surface area contributed by atoms with Gasteiger partial charge in [0.1, 0.15) is 25.1 Å². The van der Waals surface area contributed by atoms with Crippen LogP contribution in [-0.4, -0.2) is 66.3 Å². The van der Waals surface area contributed by atoms with Crippen LogP contribution in [0.15, 0.2) is 35.4 Å². The Kier molecular flexibility index (Phi) is 6.80. The van der Waals surface area contributed by atoms with Crippen molar-refractivity contribution in [2.45, 2.75) is 56.7 Å². The smallest absolute Gasteiger partial charge is 0.325 e. The molecule has 1 aromatic carbocycles. The van der Waals surface area contributed by atoms with Gasteiger partial charge in [0.2, 0.25) is 10.0 Å². The van der Waals surface area contributed by atoms with Crippen molar-refractivity contribution >= 4 is 27.7 Å². The highest BCUT2D eigenvalue weighted by molar-refractivity contribution is 7.89. The molecule has 1 saturated heterocycles. The number of nitrogens with one attached hydrogen (secondary N) is 1. The fourth-order valence-electron chi connectivity index (χ4n) is 3.94. The summed E-state index contributed by atoms with van der Waals surface area (Å²) in [4.78, 5) is 25.5. The summed E-state index contributed by atoms with van der Waals surface area (Å²) in [6.45, 7) is 6.17. The van der Waals surface area contributed by atoms with Crippen LogP contribution in [0.5, 0.6) is 11.5 Å². The minimum Gasteiger partial charge on any atom is -0.486 e. The molecule has 2 aliphatic rings. The van der Waals surface area contributed by atoms with Gasteiger partial charge in [-0.2, -0.15) is 9.40 Å². The van der Waals surface area contributed by atoms with E-state index in [1.54, 1.807) is 23.0 Å². The predicted molar refractivity (Wildman–Crippen MR) is 121 cm³/mol. The van der Waals surface area contributed by atoms with Crippen LogP contribution in [0.25, 0.3) is 0 Å². The third-order valence-electron chi connectivity index (χ3n) is 5.67. The maximum Gasteiger partial charge on any atom is 0.325 e. The monoisotopic (exact) mass is 492 g/mol. The van der Waals surface area contributed by atoms with Gasteiger partial charge in [0.15, 0.2) is 17.6 Å². The van der Waals surface area contributed by atoms with E-state index in [1.165, 1.54) is 19.1 Å². The van der Waals surface area contributed by atoms with Crippen molar-refractivity contribution in [1.82, 2.24) is 14.1 Å². The average molecular weight is 493 g/mol. The van der Waals surface area contributed by atoms with Gasteiger partial charge in [-0.3, -0.25) is 9.59 Å². The van der Waals surface area contributed by atoms with Crippen molar-refractivity contribution in [2.24, 2.45) is 0 Å². The maximum absolute atomic E-state index is 13.3. The van der Waals surface area contributed by atoms with Gasteiger partial charge in [0, 0.05) is 24.7 Å². The number of amides is 1. The second-order valence-corrected chi connectivity index (χ2v) is 10.3. The van der Waals surface area contributed by atoms with E-state index in [4.69, 9.17) is 14.2 Å². The van der Waals surface area contributed by atoms with Gasteiger partial charge in [-0.05, 0) is 45.7 Å². The molecule has 2 atom stereocenters. The number of fused-ring (bicyclic) bond motifs is 1. The predicted octanol–water partition coefficient (Wildman–Crippen LogP) is 1.96. The number of aromatic nitrogens is 2. The minimum atomic E-state index is -3.99. The molecule has 2 aliphatic heterocycles. The first-order chi connectivity index (χ1) is 16.2. The molecule has 1 N–H and O–H groups in total. The lowest BCUT2D eigenvalue weighted by molar-refractivity contribution is -0.156. The summed E-state index contributed by atoms with van der Waals surface area (Å²) in [5.41, 5.74) is 0. The summed E-state index contributed by atoms with van der Waals surface area (Å²) in [7, 11) is -3.99. The summed E-state index contributed by atoms with van der Waals surface area (Å²) in [5.74, 6) is -0.00184. The number of sulfonamides is 1. The van der Waals surface area contributed by atoms with Crippen LogP contribution < -0.4 is 14.8 Å². The van der Waals surface area contributed by atoms with Crippen molar-refractivity contribution in [2.75, 3.05) is 25.1 Å². The number of hydrogen-bond donors (Lipinski definition) is 1. The first-order valence-electron chi connectivity index (χ1n) is 11.1.